The Balaban J connectivity index is 2.73. The van der Waals surface area contributed by atoms with E-state index in [1.807, 2.05) is 12.1 Å². The van der Waals surface area contributed by atoms with Gasteiger partial charge in [0.25, 0.3) is 0 Å². The summed E-state index contributed by atoms with van der Waals surface area (Å²) in [5.74, 6) is 0. The van der Waals surface area contributed by atoms with E-state index in [-0.39, 0.29) is 0 Å². The Morgan fingerprint density at radius 3 is 3.00 bits per heavy atom. The van der Waals surface area contributed by atoms with Crippen LogP contribution in [0.15, 0.2) is 23.6 Å². The van der Waals surface area contributed by atoms with E-state index in [0.29, 0.717) is 0 Å². The molecule has 0 nitrogen and oxygen atoms in total. The molecule has 0 unspecified atom stereocenters. The summed E-state index contributed by atoms with van der Waals surface area (Å²) in [6, 6.07) is 6.09. The highest BCUT2D eigenvalue weighted by Crippen LogP contribution is 2.28. The van der Waals surface area contributed by atoms with Crippen molar-refractivity contribution in [3.8, 4) is 0 Å². The summed E-state index contributed by atoms with van der Waals surface area (Å²) in [6.45, 7) is 2.18. The summed E-state index contributed by atoms with van der Waals surface area (Å²) < 4.78 is 1.29. The fraction of sp³-hybridized carbons (Fsp3) is 0.200. The molecule has 0 saturated heterocycles. The quantitative estimate of drug-likeness (QED) is 0.644. The third-order valence-electron chi connectivity index (χ3n) is 2.00. The second-order valence-corrected chi connectivity index (χ2v) is 4.10. The van der Waals surface area contributed by atoms with E-state index in [2.05, 4.69) is 18.4 Å². The van der Waals surface area contributed by atoms with Gasteiger partial charge in [-0.3, -0.25) is 0 Å². The summed E-state index contributed by atoms with van der Waals surface area (Å²) in [5.41, 5.74) is 1.42. The highest BCUT2D eigenvalue weighted by molar-refractivity contribution is 7.17. The largest absolute Gasteiger partial charge is 0.143 e. The number of fused-ring (bicyclic) bond motifs is 1. The van der Waals surface area contributed by atoms with Crippen molar-refractivity contribution in [3.63, 3.8) is 0 Å². The van der Waals surface area contributed by atoms with E-state index >= 15 is 0 Å². The van der Waals surface area contributed by atoms with E-state index < -0.39 is 0 Å². The number of rotatable bonds is 1. The van der Waals surface area contributed by atoms with E-state index in [4.69, 9.17) is 11.6 Å². The second kappa shape index (κ2) is 3.08. The van der Waals surface area contributed by atoms with Gasteiger partial charge in [-0.15, -0.1) is 11.3 Å². The van der Waals surface area contributed by atoms with Crippen LogP contribution in [0.25, 0.3) is 10.1 Å². The zero-order valence-electron chi connectivity index (χ0n) is 6.80. The molecule has 0 aliphatic rings. The van der Waals surface area contributed by atoms with Gasteiger partial charge in [0.05, 0.1) is 0 Å². The van der Waals surface area contributed by atoms with Crippen molar-refractivity contribution >= 4 is 33.0 Å². The monoisotopic (exact) mass is 196 g/mol. The van der Waals surface area contributed by atoms with Crippen molar-refractivity contribution < 1.29 is 0 Å². The molecule has 1 aromatic heterocycles. The third-order valence-corrected chi connectivity index (χ3v) is 3.23. The van der Waals surface area contributed by atoms with Gasteiger partial charge in [-0.25, -0.2) is 0 Å². The minimum absolute atomic E-state index is 0.826. The number of benzene rings is 1. The summed E-state index contributed by atoms with van der Waals surface area (Å²) in [4.78, 5) is 0. The van der Waals surface area contributed by atoms with Crippen molar-refractivity contribution in [2.24, 2.45) is 0 Å². The van der Waals surface area contributed by atoms with Crippen molar-refractivity contribution in [2.45, 2.75) is 13.3 Å². The molecule has 62 valence electrons. The second-order valence-electron chi connectivity index (χ2n) is 2.75. The van der Waals surface area contributed by atoms with Crippen molar-refractivity contribution in [2.75, 3.05) is 0 Å². The van der Waals surface area contributed by atoms with Gasteiger partial charge >= 0.3 is 0 Å². The van der Waals surface area contributed by atoms with Crippen molar-refractivity contribution in [3.05, 3.63) is 34.2 Å². The van der Waals surface area contributed by atoms with E-state index in [9.17, 15) is 0 Å². The molecule has 0 spiro atoms. The molecule has 2 heteroatoms. The Kier molecular flexibility index (Phi) is 2.07. The van der Waals surface area contributed by atoms with Gasteiger partial charge in [0.15, 0.2) is 0 Å². The van der Waals surface area contributed by atoms with Crippen LogP contribution in [0, 0.1) is 0 Å². The standard InChI is InChI=1S/C10H9ClS/c1-2-7-6-12-10-5-8(11)3-4-9(7)10/h3-6H,2H2,1H3. The SMILES string of the molecule is CCc1csc2cc(Cl)ccc12. The van der Waals surface area contributed by atoms with Crippen LogP contribution in [-0.2, 0) is 6.42 Å². The maximum atomic E-state index is 5.88. The predicted molar refractivity (Wildman–Crippen MR) is 56.2 cm³/mol. The molecule has 0 aliphatic carbocycles. The highest BCUT2D eigenvalue weighted by atomic mass is 35.5. The minimum Gasteiger partial charge on any atom is -0.143 e. The minimum atomic E-state index is 0.826. The summed E-state index contributed by atoms with van der Waals surface area (Å²) >= 11 is 7.65. The van der Waals surface area contributed by atoms with Crippen LogP contribution < -0.4 is 0 Å². The molecule has 12 heavy (non-hydrogen) atoms. The number of halogens is 1. The molecule has 0 N–H and O–H groups in total. The van der Waals surface area contributed by atoms with Crippen LogP contribution in [0.2, 0.25) is 5.02 Å². The number of thiophene rings is 1. The Hall–Kier alpha value is -0.530. The topological polar surface area (TPSA) is 0 Å². The first-order valence-corrected chi connectivity index (χ1v) is 5.22. The predicted octanol–water partition coefficient (Wildman–Crippen LogP) is 4.12. The maximum absolute atomic E-state index is 5.88. The summed E-state index contributed by atoms with van der Waals surface area (Å²) in [7, 11) is 0. The lowest BCUT2D eigenvalue weighted by molar-refractivity contribution is 1.17. The van der Waals surface area contributed by atoms with Gasteiger partial charge in [0, 0.05) is 9.72 Å². The van der Waals surface area contributed by atoms with Gasteiger partial charge in [0.1, 0.15) is 0 Å². The molecular formula is C10H9ClS. The average molecular weight is 197 g/mol. The van der Waals surface area contributed by atoms with Gasteiger partial charge in [-0.2, -0.15) is 0 Å². The molecule has 0 amide bonds. The van der Waals surface area contributed by atoms with Crippen LogP contribution in [0.3, 0.4) is 0 Å². The summed E-state index contributed by atoms with van der Waals surface area (Å²) in [6.07, 6.45) is 1.10. The normalized spacial score (nSPS) is 10.8. The molecule has 0 fully saturated rings. The fourth-order valence-electron chi connectivity index (χ4n) is 1.33. The lowest BCUT2D eigenvalue weighted by Crippen LogP contribution is -1.73. The lowest BCUT2D eigenvalue weighted by atomic mass is 10.1. The zero-order chi connectivity index (χ0) is 8.55. The first-order valence-electron chi connectivity index (χ1n) is 3.97. The first kappa shape index (κ1) is 8.09. The van der Waals surface area contributed by atoms with E-state index in [1.165, 1.54) is 15.6 Å². The molecular weight excluding hydrogens is 188 g/mol. The zero-order valence-corrected chi connectivity index (χ0v) is 8.38. The van der Waals surface area contributed by atoms with E-state index in [0.717, 1.165) is 11.4 Å². The van der Waals surface area contributed by atoms with Crippen molar-refractivity contribution in [1.82, 2.24) is 0 Å². The van der Waals surface area contributed by atoms with E-state index in [1.54, 1.807) is 11.3 Å². The Labute approximate surface area is 80.8 Å². The Morgan fingerprint density at radius 1 is 1.42 bits per heavy atom. The summed E-state index contributed by atoms with van der Waals surface area (Å²) in [5, 5.41) is 4.39. The maximum Gasteiger partial charge on any atom is 0.0420 e. The fourth-order valence-corrected chi connectivity index (χ4v) is 2.65. The number of hydrogen-bond acceptors (Lipinski definition) is 1. The highest BCUT2D eigenvalue weighted by Gasteiger charge is 2.01. The molecule has 0 bridgehead atoms. The van der Waals surface area contributed by atoms with Crippen LogP contribution in [-0.4, -0.2) is 0 Å². The van der Waals surface area contributed by atoms with Crippen LogP contribution >= 0.6 is 22.9 Å². The lowest BCUT2D eigenvalue weighted by Gasteiger charge is -1.93. The smallest absolute Gasteiger partial charge is 0.0420 e. The molecule has 0 aliphatic heterocycles. The van der Waals surface area contributed by atoms with Gasteiger partial charge < -0.3 is 0 Å². The van der Waals surface area contributed by atoms with Gasteiger partial charge in [-0.1, -0.05) is 24.6 Å². The average Bonchev–Trinajstić information content (AvgIpc) is 2.46. The number of aryl methyl sites for hydroxylation is 1. The first-order chi connectivity index (χ1) is 5.81. The van der Waals surface area contributed by atoms with Crippen LogP contribution in [0.4, 0.5) is 0 Å². The molecule has 1 heterocycles. The van der Waals surface area contributed by atoms with Gasteiger partial charge in [0.2, 0.25) is 0 Å². The molecule has 2 aromatic rings. The molecule has 2 rings (SSSR count). The van der Waals surface area contributed by atoms with Crippen LogP contribution in [0.5, 0.6) is 0 Å². The molecule has 0 saturated carbocycles. The van der Waals surface area contributed by atoms with Crippen LogP contribution in [0.1, 0.15) is 12.5 Å². The molecule has 1 aromatic carbocycles. The third kappa shape index (κ3) is 1.23. The Morgan fingerprint density at radius 2 is 2.25 bits per heavy atom. The molecule has 0 radical (unpaired) electrons. The molecule has 0 atom stereocenters. The Bertz CT molecular complexity index is 403. The van der Waals surface area contributed by atoms with Gasteiger partial charge in [-0.05, 0) is 34.9 Å². The number of hydrogen-bond donors (Lipinski definition) is 0. The van der Waals surface area contributed by atoms with Crippen molar-refractivity contribution in [1.29, 1.82) is 0 Å².